The highest BCUT2D eigenvalue weighted by Crippen LogP contribution is 2.24. The Morgan fingerprint density at radius 3 is 2.61 bits per heavy atom. The average molecular weight is 349 g/mol. The van der Waals surface area contributed by atoms with Crippen molar-refractivity contribution in [3.63, 3.8) is 0 Å². The molecular weight excluding hydrogens is 332 g/mol. The van der Waals surface area contributed by atoms with Gasteiger partial charge in [0.1, 0.15) is 11.4 Å². The summed E-state index contributed by atoms with van der Waals surface area (Å²) in [5, 5.41) is 4.15. The fourth-order valence-electron chi connectivity index (χ4n) is 2.31. The van der Waals surface area contributed by atoms with Gasteiger partial charge in [-0.05, 0) is 43.4 Å². The molecule has 2 aromatic heterocycles. The van der Waals surface area contributed by atoms with Gasteiger partial charge in [-0.15, -0.1) is 11.3 Å². The Balaban J connectivity index is 1.64. The summed E-state index contributed by atoms with van der Waals surface area (Å²) in [5.74, 6) is 1.66. The van der Waals surface area contributed by atoms with E-state index >= 15 is 0 Å². The molecule has 23 heavy (non-hydrogen) atoms. The molecular formula is C17H17ClN2O2S. The van der Waals surface area contributed by atoms with Gasteiger partial charge in [-0.3, -0.25) is 4.90 Å². The molecule has 120 valence electrons. The topological polar surface area (TPSA) is 38.5 Å². The number of nitrogens with zero attached hydrogens (tertiary/aromatic N) is 2. The van der Waals surface area contributed by atoms with Crippen LogP contribution >= 0.6 is 22.9 Å². The Morgan fingerprint density at radius 1 is 1.17 bits per heavy atom. The lowest BCUT2D eigenvalue weighted by Crippen LogP contribution is -2.16. The minimum atomic E-state index is 0.693. The number of methoxy groups -OCH3 is 1. The van der Waals surface area contributed by atoms with Gasteiger partial charge in [-0.25, -0.2) is 0 Å². The van der Waals surface area contributed by atoms with E-state index in [4.69, 9.17) is 20.9 Å². The van der Waals surface area contributed by atoms with Gasteiger partial charge in [0.05, 0.1) is 18.0 Å². The number of thiophene rings is 1. The second-order valence-electron chi connectivity index (χ2n) is 5.29. The molecule has 0 amide bonds. The molecule has 0 saturated carbocycles. The Morgan fingerprint density at radius 2 is 1.96 bits per heavy atom. The standard InChI is InChI=1S/C17H17ClN2O2S/c1-20(11-15-7-8-17(18)23-15)10-14-9-16(19-22-14)12-3-5-13(21-2)6-4-12/h3-9H,10-11H2,1-2H3. The third-order valence-corrected chi connectivity index (χ3v) is 4.64. The van der Waals surface area contributed by atoms with Crippen LogP contribution in [0.4, 0.5) is 0 Å². The molecule has 0 radical (unpaired) electrons. The molecule has 0 fully saturated rings. The van der Waals surface area contributed by atoms with Gasteiger partial charge in [-0.2, -0.15) is 0 Å². The van der Waals surface area contributed by atoms with Crippen molar-refractivity contribution in [2.24, 2.45) is 0 Å². The number of hydrogen-bond donors (Lipinski definition) is 0. The second-order valence-corrected chi connectivity index (χ2v) is 7.08. The maximum atomic E-state index is 5.96. The molecule has 0 aliphatic rings. The Hall–Kier alpha value is -1.82. The molecule has 3 aromatic rings. The lowest BCUT2D eigenvalue weighted by molar-refractivity contribution is 0.268. The summed E-state index contributed by atoms with van der Waals surface area (Å²) in [7, 11) is 3.70. The van der Waals surface area contributed by atoms with E-state index in [9.17, 15) is 0 Å². The first-order valence-corrected chi connectivity index (χ1v) is 8.36. The molecule has 0 saturated heterocycles. The van der Waals surface area contributed by atoms with E-state index in [1.165, 1.54) is 4.88 Å². The van der Waals surface area contributed by atoms with Gasteiger partial charge in [0.15, 0.2) is 5.76 Å². The number of ether oxygens (including phenoxy) is 1. The van der Waals surface area contributed by atoms with E-state index in [-0.39, 0.29) is 0 Å². The lowest BCUT2D eigenvalue weighted by Gasteiger charge is -2.12. The molecule has 6 heteroatoms. The highest BCUT2D eigenvalue weighted by molar-refractivity contribution is 7.16. The van der Waals surface area contributed by atoms with Gasteiger partial charge < -0.3 is 9.26 Å². The lowest BCUT2D eigenvalue weighted by atomic mass is 10.1. The van der Waals surface area contributed by atoms with E-state index < -0.39 is 0 Å². The second kappa shape index (κ2) is 7.17. The predicted molar refractivity (Wildman–Crippen MR) is 93.0 cm³/mol. The highest BCUT2D eigenvalue weighted by atomic mass is 35.5. The zero-order valence-corrected chi connectivity index (χ0v) is 14.5. The monoisotopic (exact) mass is 348 g/mol. The van der Waals surface area contributed by atoms with Crippen molar-refractivity contribution in [3.05, 3.63) is 57.4 Å². The van der Waals surface area contributed by atoms with Crippen LogP contribution in [0.15, 0.2) is 47.0 Å². The van der Waals surface area contributed by atoms with Crippen LogP contribution in [-0.4, -0.2) is 24.2 Å². The van der Waals surface area contributed by atoms with Crippen molar-refractivity contribution in [1.29, 1.82) is 0 Å². The molecule has 0 aliphatic carbocycles. The van der Waals surface area contributed by atoms with E-state index in [1.807, 2.05) is 49.5 Å². The SMILES string of the molecule is COc1ccc(-c2cc(CN(C)Cc3ccc(Cl)s3)on2)cc1. The van der Waals surface area contributed by atoms with Gasteiger partial charge in [0.2, 0.25) is 0 Å². The van der Waals surface area contributed by atoms with Crippen molar-refractivity contribution in [2.45, 2.75) is 13.1 Å². The molecule has 1 aromatic carbocycles. The third kappa shape index (κ3) is 4.13. The number of rotatable bonds is 6. The first kappa shape index (κ1) is 16.1. The molecule has 2 heterocycles. The van der Waals surface area contributed by atoms with Gasteiger partial charge in [-0.1, -0.05) is 16.8 Å². The molecule has 0 N–H and O–H groups in total. The van der Waals surface area contributed by atoms with Crippen molar-refractivity contribution in [3.8, 4) is 17.0 Å². The molecule has 0 bridgehead atoms. The maximum absolute atomic E-state index is 5.96. The summed E-state index contributed by atoms with van der Waals surface area (Å²) < 4.78 is 11.4. The smallest absolute Gasteiger partial charge is 0.151 e. The normalized spacial score (nSPS) is 11.1. The van der Waals surface area contributed by atoms with Crippen LogP contribution in [-0.2, 0) is 13.1 Å². The van der Waals surface area contributed by atoms with Gasteiger partial charge >= 0.3 is 0 Å². The predicted octanol–water partition coefficient (Wildman–Crippen LogP) is 4.70. The van der Waals surface area contributed by atoms with Crippen LogP contribution < -0.4 is 4.74 Å². The average Bonchev–Trinajstić information content (AvgIpc) is 3.16. The zero-order chi connectivity index (χ0) is 16.2. The van der Waals surface area contributed by atoms with E-state index in [2.05, 4.69) is 10.1 Å². The van der Waals surface area contributed by atoms with Crippen molar-refractivity contribution in [1.82, 2.24) is 10.1 Å². The first-order chi connectivity index (χ1) is 11.1. The fraction of sp³-hybridized carbons (Fsp3) is 0.235. The Labute approximate surface area is 144 Å². The van der Waals surface area contributed by atoms with Crippen LogP contribution in [0.1, 0.15) is 10.6 Å². The van der Waals surface area contributed by atoms with Crippen LogP contribution in [0.25, 0.3) is 11.3 Å². The molecule has 0 unspecified atom stereocenters. The minimum Gasteiger partial charge on any atom is -0.497 e. The quantitative estimate of drug-likeness (QED) is 0.647. The van der Waals surface area contributed by atoms with E-state index in [0.29, 0.717) is 6.54 Å². The zero-order valence-electron chi connectivity index (χ0n) is 13.0. The Kier molecular flexibility index (Phi) is 5.00. The minimum absolute atomic E-state index is 0.693. The fourth-order valence-corrected chi connectivity index (χ4v) is 3.48. The summed E-state index contributed by atoms with van der Waals surface area (Å²) in [4.78, 5) is 3.40. The summed E-state index contributed by atoms with van der Waals surface area (Å²) in [6.07, 6.45) is 0. The van der Waals surface area contributed by atoms with E-state index in [0.717, 1.165) is 33.6 Å². The number of hydrogen-bond acceptors (Lipinski definition) is 5. The molecule has 0 aliphatic heterocycles. The molecule has 3 rings (SSSR count). The Bertz CT molecular complexity index is 767. The number of halogens is 1. The van der Waals surface area contributed by atoms with Crippen LogP contribution in [0, 0.1) is 0 Å². The largest absolute Gasteiger partial charge is 0.497 e. The summed E-state index contributed by atoms with van der Waals surface area (Å²) in [5.41, 5.74) is 1.84. The molecule has 0 spiro atoms. The molecule has 4 nitrogen and oxygen atoms in total. The van der Waals surface area contributed by atoms with Crippen LogP contribution in [0.5, 0.6) is 5.75 Å². The summed E-state index contributed by atoms with van der Waals surface area (Å²) in [6.45, 7) is 1.52. The maximum Gasteiger partial charge on any atom is 0.151 e. The van der Waals surface area contributed by atoms with Crippen LogP contribution in [0.3, 0.4) is 0 Å². The van der Waals surface area contributed by atoms with Crippen molar-refractivity contribution < 1.29 is 9.26 Å². The summed E-state index contributed by atoms with van der Waals surface area (Å²) in [6, 6.07) is 13.7. The first-order valence-electron chi connectivity index (χ1n) is 7.17. The third-order valence-electron chi connectivity index (χ3n) is 3.43. The molecule has 0 atom stereocenters. The number of aromatic nitrogens is 1. The van der Waals surface area contributed by atoms with Crippen molar-refractivity contribution in [2.75, 3.05) is 14.2 Å². The number of benzene rings is 1. The highest BCUT2D eigenvalue weighted by Gasteiger charge is 2.10. The van der Waals surface area contributed by atoms with Crippen LogP contribution in [0.2, 0.25) is 4.34 Å². The van der Waals surface area contributed by atoms with Crippen molar-refractivity contribution >= 4 is 22.9 Å². The van der Waals surface area contributed by atoms with Gasteiger partial charge in [0.25, 0.3) is 0 Å². The van der Waals surface area contributed by atoms with Gasteiger partial charge in [0, 0.05) is 23.1 Å². The summed E-state index contributed by atoms with van der Waals surface area (Å²) >= 11 is 7.56. The van der Waals surface area contributed by atoms with E-state index in [1.54, 1.807) is 18.4 Å².